The van der Waals surface area contributed by atoms with Gasteiger partial charge in [0.25, 0.3) is 0 Å². The molecule has 0 radical (unpaired) electrons. The highest BCUT2D eigenvalue weighted by atomic mass is 19.1. The highest BCUT2D eigenvalue weighted by Gasteiger charge is 2.22. The lowest BCUT2D eigenvalue weighted by Gasteiger charge is -2.35. The smallest absolute Gasteiger partial charge is 0.146 e. The van der Waals surface area contributed by atoms with E-state index in [4.69, 9.17) is 4.74 Å². The maximum Gasteiger partial charge on any atom is 0.146 e. The second kappa shape index (κ2) is 6.35. The number of hydrogen-bond donors (Lipinski definition) is 1. The summed E-state index contributed by atoms with van der Waals surface area (Å²) in [6.07, 6.45) is 0. The van der Waals surface area contributed by atoms with E-state index in [0.29, 0.717) is 18.9 Å². The summed E-state index contributed by atoms with van der Waals surface area (Å²) in [4.78, 5) is 2.08. The van der Waals surface area contributed by atoms with E-state index >= 15 is 0 Å². The molecule has 4 heteroatoms. The Balaban J connectivity index is 2.18. The first-order chi connectivity index (χ1) is 9.13. The number of benzene rings is 1. The fraction of sp³-hybridized carbons (Fsp3) is 0.600. The number of nitrogens with one attached hydrogen (secondary N) is 1. The summed E-state index contributed by atoms with van der Waals surface area (Å²) in [7, 11) is 0. The van der Waals surface area contributed by atoms with Crippen molar-refractivity contribution in [2.75, 3.05) is 31.2 Å². The molecule has 3 nitrogen and oxygen atoms in total. The van der Waals surface area contributed by atoms with E-state index in [1.54, 1.807) is 6.07 Å². The summed E-state index contributed by atoms with van der Waals surface area (Å²) in [5.74, 6) is -0.143. The first-order valence-corrected chi connectivity index (χ1v) is 7.00. The van der Waals surface area contributed by atoms with Crippen molar-refractivity contribution in [1.29, 1.82) is 0 Å². The van der Waals surface area contributed by atoms with Gasteiger partial charge in [-0.3, -0.25) is 0 Å². The number of nitrogens with zero attached hydrogens (tertiary/aromatic N) is 1. The summed E-state index contributed by atoms with van der Waals surface area (Å²) in [5.41, 5.74) is 1.67. The van der Waals surface area contributed by atoms with Crippen LogP contribution in [-0.2, 0) is 4.74 Å². The van der Waals surface area contributed by atoms with Gasteiger partial charge in [-0.05, 0) is 38.1 Å². The normalized spacial score (nSPS) is 21.5. The molecule has 106 valence electrons. The third-order valence-electron chi connectivity index (χ3n) is 3.66. The van der Waals surface area contributed by atoms with Crippen LogP contribution in [0.4, 0.5) is 10.1 Å². The number of morpholine rings is 1. The average Bonchev–Trinajstić information content (AvgIpc) is 2.40. The zero-order valence-electron chi connectivity index (χ0n) is 11.9. The molecule has 1 heterocycles. The van der Waals surface area contributed by atoms with Gasteiger partial charge in [-0.1, -0.05) is 13.0 Å². The van der Waals surface area contributed by atoms with E-state index in [-0.39, 0.29) is 17.9 Å². The van der Waals surface area contributed by atoms with Gasteiger partial charge in [0, 0.05) is 18.6 Å². The van der Waals surface area contributed by atoms with E-state index < -0.39 is 0 Å². The topological polar surface area (TPSA) is 24.5 Å². The van der Waals surface area contributed by atoms with Crippen LogP contribution in [0.3, 0.4) is 0 Å². The number of hydrogen-bond acceptors (Lipinski definition) is 3. The third-order valence-corrected chi connectivity index (χ3v) is 3.66. The van der Waals surface area contributed by atoms with Crippen molar-refractivity contribution >= 4 is 5.69 Å². The lowest BCUT2D eigenvalue weighted by molar-refractivity contribution is 0.0986. The molecule has 1 fully saturated rings. The second-order valence-corrected chi connectivity index (χ2v) is 5.11. The van der Waals surface area contributed by atoms with E-state index in [9.17, 15) is 4.39 Å². The summed E-state index contributed by atoms with van der Waals surface area (Å²) in [6, 6.07) is 5.94. The Bertz CT molecular complexity index is 425. The van der Waals surface area contributed by atoms with E-state index in [0.717, 1.165) is 18.7 Å². The maximum atomic E-state index is 14.3. The number of anilines is 1. The first-order valence-electron chi connectivity index (χ1n) is 7.00. The lowest BCUT2D eigenvalue weighted by Crippen LogP contribution is -2.44. The molecule has 0 aliphatic carbocycles. The van der Waals surface area contributed by atoms with Gasteiger partial charge in [0.05, 0.1) is 18.9 Å². The number of ether oxygens (including phenoxy) is 1. The molecule has 2 rings (SSSR count). The zero-order valence-corrected chi connectivity index (χ0v) is 11.9. The predicted molar refractivity (Wildman–Crippen MR) is 76.1 cm³/mol. The van der Waals surface area contributed by atoms with Gasteiger partial charge in [-0.15, -0.1) is 0 Å². The SMILES string of the molecule is CCNC(C)c1ccc(N2CCOCC2C)c(F)c1. The molecule has 1 aliphatic rings. The molecule has 0 aromatic heterocycles. The van der Waals surface area contributed by atoms with Crippen molar-refractivity contribution in [3.8, 4) is 0 Å². The Kier molecular flexibility index (Phi) is 4.77. The van der Waals surface area contributed by atoms with Gasteiger partial charge in [-0.25, -0.2) is 4.39 Å². The van der Waals surface area contributed by atoms with Crippen molar-refractivity contribution < 1.29 is 9.13 Å². The molecule has 1 aliphatic heterocycles. The van der Waals surface area contributed by atoms with Crippen LogP contribution in [0.1, 0.15) is 32.4 Å². The number of rotatable bonds is 4. The van der Waals surface area contributed by atoms with Crippen molar-refractivity contribution in [3.63, 3.8) is 0 Å². The summed E-state index contributed by atoms with van der Waals surface area (Å²) >= 11 is 0. The van der Waals surface area contributed by atoms with Crippen LogP contribution < -0.4 is 10.2 Å². The van der Waals surface area contributed by atoms with Crippen LogP contribution in [0.25, 0.3) is 0 Å². The van der Waals surface area contributed by atoms with Crippen LogP contribution >= 0.6 is 0 Å². The predicted octanol–water partition coefficient (Wildman–Crippen LogP) is 2.72. The highest BCUT2D eigenvalue weighted by molar-refractivity contribution is 5.50. The van der Waals surface area contributed by atoms with Crippen LogP contribution in [0.15, 0.2) is 18.2 Å². The van der Waals surface area contributed by atoms with E-state index in [1.807, 2.05) is 12.1 Å². The maximum absolute atomic E-state index is 14.3. The molecule has 0 spiro atoms. The van der Waals surface area contributed by atoms with Gasteiger partial charge in [0.15, 0.2) is 0 Å². The van der Waals surface area contributed by atoms with Crippen LogP contribution in [-0.4, -0.2) is 32.3 Å². The van der Waals surface area contributed by atoms with Crippen molar-refractivity contribution in [1.82, 2.24) is 5.32 Å². The standard InChI is InChI=1S/C15H23FN2O/c1-4-17-12(3)13-5-6-15(14(16)9-13)18-7-8-19-10-11(18)2/h5-6,9,11-12,17H,4,7-8,10H2,1-3H3. The molecule has 2 unspecified atom stereocenters. The molecule has 0 bridgehead atoms. The Hall–Kier alpha value is -1.13. The molecule has 1 aromatic carbocycles. The highest BCUT2D eigenvalue weighted by Crippen LogP contribution is 2.26. The molecular weight excluding hydrogens is 243 g/mol. The average molecular weight is 266 g/mol. The summed E-state index contributed by atoms with van der Waals surface area (Å²) in [6.45, 7) is 9.12. The van der Waals surface area contributed by atoms with Gasteiger partial charge in [0.2, 0.25) is 0 Å². The molecule has 0 amide bonds. The Morgan fingerprint density at radius 1 is 1.53 bits per heavy atom. The Morgan fingerprint density at radius 2 is 2.32 bits per heavy atom. The minimum absolute atomic E-state index is 0.143. The van der Waals surface area contributed by atoms with Gasteiger partial charge < -0.3 is 15.0 Å². The zero-order chi connectivity index (χ0) is 13.8. The van der Waals surface area contributed by atoms with Crippen molar-refractivity contribution in [2.24, 2.45) is 0 Å². The molecule has 0 saturated carbocycles. The second-order valence-electron chi connectivity index (χ2n) is 5.11. The fourth-order valence-corrected chi connectivity index (χ4v) is 2.53. The largest absolute Gasteiger partial charge is 0.377 e. The molecule has 1 aromatic rings. The van der Waals surface area contributed by atoms with E-state index in [2.05, 4.69) is 31.0 Å². The molecule has 1 saturated heterocycles. The van der Waals surface area contributed by atoms with Crippen LogP contribution in [0.2, 0.25) is 0 Å². The molecule has 19 heavy (non-hydrogen) atoms. The quantitative estimate of drug-likeness (QED) is 0.907. The van der Waals surface area contributed by atoms with Gasteiger partial charge >= 0.3 is 0 Å². The minimum atomic E-state index is -0.143. The third kappa shape index (κ3) is 3.25. The van der Waals surface area contributed by atoms with Gasteiger partial charge in [-0.2, -0.15) is 0 Å². The van der Waals surface area contributed by atoms with Crippen LogP contribution in [0, 0.1) is 5.82 Å². The van der Waals surface area contributed by atoms with Crippen molar-refractivity contribution in [3.05, 3.63) is 29.6 Å². The van der Waals surface area contributed by atoms with Crippen LogP contribution in [0.5, 0.6) is 0 Å². The van der Waals surface area contributed by atoms with Gasteiger partial charge in [0.1, 0.15) is 5.82 Å². The summed E-state index contributed by atoms with van der Waals surface area (Å²) < 4.78 is 19.7. The molecule has 1 N–H and O–H groups in total. The Labute approximate surface area is 114 Å². The fourth-order valence-electron chi connectivity index (χ4n) is 2.53. The first kappa shape index (κ1) is 14.3. The summed E-state index contributed by atoms with van der Waals surface area (Å²) in [5, 5.41) is 3.30. The number of halogens is 1. The molecular formula is C15H23FN2O. The minimum Gasteiger partial charge on any atom is -0.377 e. The Morgan fingerprint density at radius 3 is 2.95 bits per heavy atom. The van der Waals surface area contributed by atoms with E-state index in [1.165, 1.54) is 0 Å². The molecule has 2 atom stereocenters. The lowest BCUT2D eigenvalue weighted by atomic mass is 10.1. The van der Waals surface area contributed by atoms with Crippen molar-refractivity contribution in [2.45, 2.75) is 32.9 Å². The monoisotopic (exact) mass is 266 g/mol.